The van der Waals surface area contributed by atoms with Gasteiger partial charge in [-0.3, -0.25) is 9.48 Å². The van der Waals surface area contributed by atoms with Crippen LogP contribution in [-0.4, -0.2) is 15.7 Å². The van der Waals surface area contributed by atoms with Crippen molar-refractivity contribution in [3.63, 3.8) is 0 Å². The molecule has 1 aromatic heterocycles. The molecule has 1 heterocycles. The zero-order valence-electron chi connectivity index (χ0n) is 7.53. The van der Waals surface area contributed by atoms with Crippen LogP contribution in [0.2, 0.25) is 0 Å². The van der Waals surface area contributed by atoms with Gasteiger partial charge in [-0.05, 0) is 5.92 Å². The van der Waals surface area contributed by atoms with Crippen LogP contribution in [0.1, 0.15) is 35.8 Å². The average Bonchev–Trinajstić information content (AvgIpc) is 2.31. The quantitative estimate of drug-likeness (QED) is 0.702. The van der Waals surface area contributed by atoms with Gasteiger partial charge in [-0.2, -0.15) is 5.10 Å². The summed E-state index contributed by atoms with van der Waals surface area (Å²) in [6.07, 6.45) is 1.65. The molecule has 0 radical (unpaired) electrons. The van der Waals surface area contributed by atoms with Crippen molar-refractivity contribution >= 4 is 5.91 Å². The van der Waals surface area contributed by atoms with Crippen LogP contribution in [0.5, 0.6) is 0 Å². The van der Waals surface area contributed by atoms with Crippen LogP contribution >= 0.6 is 0 Å². The number of aryl methyl sites for hydroxylation is 1. The number of nitrogens with two attached hydrogens (primary N) is 1. The molecular weight excluding hydrogens is 154 g/mol. The summed E-state index contributed by atoms with van der Waals surface area (Å²) in [4.78, 5) is 10.9. The Bertz CT molecular complexity index is 301. The maximum Gasteiger partial charge on any atom is 0.252 e. The van der Waals surface area contributed by atoms with Crippen molar-refractivity contribution in [3.8, 4) is 0 Å². The third kappa shape index (κ3) is 1.47. The van der Waals surface area contributed by atoms with Gasteiger partial charge in [0.1, 0.15) is 0 Å². The summed E-state index contributed by atoms with van der Waals surface area (Å²) in [5, 5.41) is 4.15. The summed E-state index contributed by atoms with van der Waals surface area (Å²) in [7, 11) is 1.78. The van der Waals surface area contributed by atoms with Crippen molar-refractivity contribution in [2.45, 2.75) is 19.8 Å². The molecule has 0 fully saturated rings. The number of hydrogen-bond acceptors (Lipinski definition) is 2. The van der Waals surface area contributed by atoms with Gasteiger partial charge < -0.3 is 5.73 Å². The van der Waals surface area contributed by atoms with Crippen molar-refractivity contribution in [1.29, 1.82) is 0 Å². The SMILES string of the molecule is CC(C)c1nn(C)cc1C(N)=O. The van der Waals surface area contributed by atoms with Crippen molar-refractivity contribution in [3.05, 3.63) is 17.5 Å². The molecule has 0 aliphatic rings. The Hall–Kier alpha value is -1.32. The standard InChI is InChI=1S/C8H13N3O/c1-5(2)7-6(8(9)12)4-11(3)10-7/h4-5H,1-3H3,(H2,9,12). The van der Waals surface area contributed by atoms with E-state index in [2.05, 4.69) is 5.10 Å². The normalized spacial score (nSPS) is 10.7. The molecule has 2 N–H and O–H groups in total. The van der Waals surface area contributed by atoms with Gasteiger partial charge in [0.05, 0.1) is 11.3 Å². The van der Waals surface area contributed by atoms with Crippen molar-refractivity contribution in [1.82, 2.24) is 9.78 Å². The molecule has 0 saturated carbocycles. The molecule has 1 amide bonds. The number of carbonyl (C=O) groups excluding carboxylic acids is 1. The minimum absolute atomic E-state index is 0.230. The molecule has 0 saturated heterocycles. The highest BCUT2D eigenvalue weighted by atomic mass is 16.1. The van der Waals surface area contributed by atoms with Crippen LogP contribution in [0.3, 0.4) is 0 Å². The van der Waals surface area contributed by atoms with E-state index in [1.54, 1.807) is 17.9 Å². The number of carbonyl (C=O) groups is 1. The van der Waals surface area contributed by atoms with Gasteiger partial charge in [0, 0.05) is 13.2 Å². The molecule has 0 aliphatic carbocycles. The van der Waals surface area contributed by atoms with E-state index in [-0.39, 0.29) is 5.92 Å². The Labute approximate surface area is 71.4 Å². The van der Waals surface area contributed by atoms with Crippen LogP contribution in [0.25, 0.3) is 0 Å². The fourth-order valence-electron chi connectivity index (χ4n) is 1.12. The minimum atomic E-state index is -0.410. The number of nitrogens with zero attached hydrogens (tertiary/aromatic N) is 2. The molecule has 12 heavy (non-hydrogen) atoms. The van der Waals surface area contributed by atoms with Gasteiger partial charge in [0.25, 0.3) is 5.91 Å². The Kier molecular flexibility index (Phi) is 2.17. The first-order chi connectivity index (χ1) is 5.52. The molecule has 0 aliphatic heterocycles. The second-order valence-corrected chi connectivity index (χ2v) is 3.12. The van der Waals surface area contributed by atoms with E-state index in [4.69, 9.17) is 5.73 Å². The topological polar surface area (TPSA) is 60.9 Å². The number of rotatable bonds is 2. The van der Waals surface area contributed by atoms with Crippen molar-refractivity contribution in [2.75, 3.05) is 0 Å². The lowest BCUT2D eigenvalue weighted by Gasteiger charge is -2.00. The highest BCUT2D eigenvalue weighted by molar-refractivity contribution is 5.93. The molecule has 0 atom stereocenters. The van der Waals surface area contributed by atoms with Gasteiger partial charge in [0.15, 0.2) is 0 Å². The summed E-state index contributed by atoms with van der Waals surface area (Å²) < 4.78 is 1.61. The Morgan fingerprint density at radius 1 is 1.67 bits per heavy atom. The Morgan fingerprint density at radius 2 is 2.25 bits per heavy atom. The van der Waals surface area contributed by atoms with Gasteiger partial charge >= 0.3 is 0 Å². The van der Waals surface area contributed by atoms with E-state index in [0.29, 0.717) is 5.56 Å². The first kappa shape index (κ1) is 8.77. The first-order valence-electron chi connectivity index (χ1n) is 3.85. The van der Waals surface area contributed by atoms with Gasteiger partial charge in [-0.15, -0.1) is 0 Å². The number of hydrogen-bond donors (Lipinski definition) is 1. The third-order valence-electron chi connectivity index (χ3n) is 1.67. The fraction of sp³-hybridized carbons (Fsp3) is 0.500. The molecule has 0 spiro atoms. The van der Waals surface area contributed by atoms with E-state index >= 15 is 0 Å². The monoisotopic (exact) mass is 167 g/mol. The largest absolute Gasteiger partial charge is 0.365 e. The summed E-state index contributed by atoms with van der Waals surface area (Å²) in [5.41, 5.74) is 6.46. The van der Waals surface area contributed by atoms with Gasteiger partial charge in [-0.25, -0.2) is 0 Å². The molecule has 1 rings (SSSR count). The summed E-state index contributed by atoms with van der Waals surface area (Å²) >= 11 is 0. The second kappa shape index (κ2) is 2.97. The average molecular weight is 167 g/mol. The molecule has 4 nitrogen and oxygen atoms in total. The summed E-state index contributed by atoms with van der Waals surface area (Å²) in [6, 6.07) is 0. The highest BCUT2D eigenvalue weighted by Crippen LogP contribution is 2.16. The van der Waals surface area contributed by atoms with Crippen LogP contribution in [0, 0.1) is 0 Å². The van der Waals surface area contributed by atoms with E-state index in [1.807, 2.05) is 13.8 Å². The fourth-order valence-corrected chi connectivity index (χ4v) is 1.12. The number of aromatic nitrogens is 2. The summed E-state index contributed by atoms with van der Waals surface area (Å²) in [6.45, 7) is 3.96. The molecule has 0 aromatic carbocycles. The predicted octanol–water partition coefficient (Wildman–Crippen LogP) is 0.642. The van der Waals surface area contributed by atoms with Crippen molar-refractivity contribution in [2.24, 2.45) is 12.8 Å². The number of amides is 1. The molecule has 66 valence electrons. The molecule has 0 unspecified atom stereocenters. The Balaban J connectivity index is 3.17. The minimum Gasteiger partial charge on any atom is -0.365 e. The maximum absolute atomic E-state index is 10.9. The zero-order valence-corrected chi connectivity index (χ0v) is 7.53. The smallest absolute Gasteiger partial charge is 0.252 e. The van der Waals surface area contributed by atoms with Gasteiger partial charge in [-0.1, -0.05) is 13.8 Å². The van der Waals surface area contributed by atoms with Crippen LogP contribution < -0.4 is 5.73 Å². The highest BCUT2D eigenvalue weighted by Gasteiger charge is 2.14. The van der Waals surface area contributed by atoms with Gasteiger partial charge in [0.2, 0.25) is 0 Å². The van der Waals surface area contributed by atoms with Crippen LogP contribution in [0.4, 0.5) is 0 Å². The Morgan fingerprint density at radius 3 is 2.58 bits per heavy atom. The lowest BCUT2D eigenvalue weighted by atomic mass is 10.1. The van der Waals surface area contributed by atoms with Crippen molar-refractivity contribution < 1.29 is 4.79 Å². The molecular formula is C8H13N3O. The predicted molar refractivity (Wildman–Crippen MR) is 45.8 cm³/mol. The van der Waals surface area contributed by atoms with Crippen LogP contribution in [-0.2, 0) is 7.05 Å². The maximum atomic E-state index is 10.9. The van der Waals surface area contributed by atoms with E-state index in [1.165, 1.54) is 0 Å². The number of primary amides is 1. The van der Waals surface area contributed by atoms with E-state index < -0.39 is 5.91 Å². The molecule has 0 bridgehead atoms. The first-order valence-corrected chi connectivity index (χ1v) is 3.85. The lowest BCUT2D eigenvalue weighted by Crippen LogP contribution is -2.12. The molecule has 1 aromatic rings. The summed E-state index contributed by atoms with van der Waals surface area (Å²) in [5.74, 6) is -0.180. The lowest BCUT2D eigenvalue weighted by molar-refractivity contribution is 0.0999. The third-order valence-corrected chi connectivity index (χ3v) is 1.67. The molecule has 4 heteroatoms. The second-order valence-electron chi connectivity index (χ2n) is 3.12. The van der Waals surface area contributed by atoms with E-state index in [9.17, 15) is 4.79 Å². The zero-order chi connectivity index (χ0) is 9.30. The van der Waals surface area contributed by atoms with Crippen LogP contribution in [0.15, 0.2) is 6.20 Å². The van der Waals surface area contributed by atoms with E-state index in [0.717, 1.165) is 5.69 Å².